The Balaban J connectivity index is 1.96. The van der Waals surface area contributed by atoms with Gasteiger partial charge in [0.25, 0.3) is 14.2 Å². The van der Waals surface area contributed by atoms with Gasteiger partial charge in [-0.05, 0) is 46.4 Å². The molecule has 1 fully saturated rings. The molecule has 8 heteroatoms. The average Bonchev–Trinajstić information content (AvgIpc) is 3.54. The highest BCUT2D eigenvalue weighted by atomic mass is 28.4. The largest absolute Gasteiger partial charge is 0.424 e. The summed E-state index contributed by atoms with van der Waals surface area (Å²) in [5.41, 5.74) is -3.34. The van der Waals surface area contributed by atoms with E-state index in [2.05, 4.69) is 20.8 Å². The second-order valence-electron chi connectivity index (χ2n) is 11.1. The molecule has 0 unspecified atom stereocenters. The first kappa shape index (κ1) is 29.7. The molecule has 0 heterocycles. The number of rotatable bonds is 13. The van der Waals surface area contributed by atoms with Crippen molar-refractivity contribution in [3.63, 3.8) is 0 Å². The highest BCUT2D eigenvalue weighted by Gasteiger charge is 2.77. The van der Waals surface area contributed by atoms with E-state index in [-0.39, 0.29) is 12.8 Å². The van der Waals surface area contributed by atoms with E-state index >= 15 is 4.39 Å². The van der Waals surface area contributed by atoms with Crippen molar-refractivity contribution < 1.29 is 23.2 Å². The minimum atomic E-state index is -3.29. The topological polar surface area (TPSA) is 59.0 Å². The Labute approximate surface area is 224 Å². The van der Waals surface area contributed by atoms with Gasteiger partial charge in [-0.3, -0.25) is 9.63 Å². The summed E-state index contributed by atoms with van der Waals surface area (Å²) in [6.07, 6.45) is 0.554. The van der Waals surface area contributed by atoms with Crippen LogP contribution in [-0.4, -0.2) is 57.8 Å². The summed E-state index contributed by atoms with van der Waals surface area (Å²) in [6, 6.07) is 22.0. The lowest BCUT2D eigenvalue weighted by atomic mass is 10.0. The zero-order valence-corrected chi connectivity index (χ0v) is 25.5. The van der Waals surface area contributed by atoms with Crippen molar-refractivity contribution in [2.24, 2.45) is 0 Å². The van der Waals surface area contributed by atoms with Crippen molar-refractivity contribution in [1.82, 2.24) is 5.06 Å². The summed E-state index contributed by atoms with van der Waals surface area (Å²) in [5.74, 6) is -0.457. The van der Waals surface area contributed by atoms with Gasteiger partial charge in [0.1, 0.15) is 0 Å². The Morgan fingerprint density at radius 1 is 1.00 bits per heavy atom. The van der Waals surface area contributed by atoms with Crippen LogP contribution in [0.1, 0.15) is 53.9 Å². The van der Waals surface area contributed by atoms with Crippen molar-refractivity contribution in [2.45, 2.75) is 88.3 Å². The fraction of sp³-hybridized carbons (Fsp3) is 0.552. The molecule has 2 aromatic carbocycles. The molecule has 5 nitrogen and oxygen atoms in total. The van der Waals surface area contributed by atoms with Crippen molar-refractivity contribution in [3.05, 3.63) is 60.7 Å². The molecule has 1 N–H and O–H groups in total. The van der Waals surface area contributed by atoms with Gasteiger partial charge < -0.3 is 9.22 Å². The molecule has 1 saturated carbocycles. The van der Waals surface area contributed by atoms with Gasteiger partial charge >= 0.3 is 0 Å². The normalized spacial score (nSPS) is 22.1. The maximum atomic E-state index is 16.8. The molecular weight excluding hydrogens is 501 g/mol. The highest BCUT2D eigenvalue weighted by molar-refractivity contribution is 6.98. The van der Waals surface area contributed by atoms with E-state index < -0.39 is 38.9 Å². The molecule has 2 aromatic rings. The van der Waals surface area contributed by atoms with Gasteiger partial charge in [-0.2, -0.15) is 0 Å². The average molecular weight is 546 g/mol. The lowest BCUT2D eigenvalue weighted by molar-refractivity contribution is -0.181. The molecule has 0 radical (unpaired) electrons. The molecule has 37 heavy (non-hydrogen) atoms. The molecular formula is C29H44FNO4Si2. The van der Waals surface area contributed by atoms with Crippen molar-refractivity contribution >= 4 is 32.9 Å². The zero-order chi connectivity index (χ0) is 27.5. The van der Waals surface area contributed by atoms with Crippen molar-refractivity contribution in [3.8, 4) is 0 Å². The smallest absolute Gasteiger partial charge is 0.280 e. The zero-order valence-electron chi connectivity index (χ0n) is 23.5. The molecule has 1 aliphatic carbocycles. The Morgan fingerprint density at radius 3 is 1.86 bits per heavy atom. The predicted octanol–water partition coefficient (Wildman–Crippen LogP) is 5.19. The summed E-state index contributed by atoms with van der Waals surface area (Å²) < 4.78 is 23.4. The van der Waals surface area contributed by atoms with Gasteiger partial charge in [-0.25, -0.2) is 9.45 Å². The van der Waals surface area contributed by atoms with Crippen LogP contribution in [0, 0.1) is 0 Å². The monoisotopic (exact) mass is 545 g/mol. The van der Waals surface area contributed by atoms with Crippen LogP contribution in [0.5, 0.6) is 0 Å². The summed E-state index contributed by atoms with van der Waals surface area (Å²) in [4.78, 5) is 31.1. The van der Waals surface area contributed by atoms with Gasteiger partial charge in [-0.15, -0.1) is 0 Å². The van der Waals surface area contributed by atoms with Crippen LogP contribution in [0.15, 0.2) is 60.7 Å². The van der Waals surface area contributed by atoms with Crippen LogP contribution in [0.25, 0.3) is 0 Å². The molecule has 3 rings (SSSR count). The van der Waals surface area contributed by atoms with E-state index in [0.29, 0.717) is 6.42 Å². The summed E-state index contributed by atoms with van der Waals surface area (Å²) in [5, 5.41) is 2.27. The first-order chi connectivity index (χ1) is 17.4. The SMILES string of the molecule is CC[Si](CC)(CC)O[C@@]1(C(=O)N(C)OC)C[C@]1(F)CCC(C)(C)[Si](O)(c1ccccc1)c1ccccc1. The van der Waals surface area contributed by atoms with Gasteiger partial charge in [0, 0.05) is 13.5 Å². The van der Waals surface area contributed by atoms with Crippen LogP contribution in [0.3, 0.4) is 0 Å². The van der Waals surface area contributed by atoms with E-state index in [1.165, 1.54) is 14.2 Å². The third-order valence-electron chi connectivity index (χ3n) is 8.87. The van der Waals surface area contributed by atoms with Crippen LogP contribution in [0.2, 0.25) is 23.2 Å². The minimum absolute atomic E-state index is 0.0218. The first-order valence-corrected chi connectivity index (χ1v) is 17.9. The number of carbonyl (C=O) groups excluding carboxylic acids is 1. The molecule has 1 aliphatic rings. The van der Waals surface area contributed by atoms with Crippen LogP contribution in [-0.2, 0) is 14.1 Å². The maximum Gasteiger partial charge on any atom is 0.280 e. The van der Waals surface area contributed by atoms with Crippen LogP contribution in [0.4, 0.5) is 4.39 Å². The van der Waals surface area contributed by atoms with E-state index in [1.54, 1.807) is 0 Å². The second-order valence-corrected chi connectivity index (χ2v) is 19.7. The van der Waals surface area contributed by atoms with Gasteiger partial charge in [0.2, 0.25) is 0 Å². The third kappa shape index (κ3) is 5.23. The molecule has 1 amide bonds. The molecule has 204 valence electrons. The molecule has 0 aromatic heterocycles. The van der Waals surface area contributed by atoms with Gasteiger partial charge in [0.15, 0.2) is 19.6 Å². The number of nitrogens with zero attached hydrogens (tertiary/aromatic N) is 1. The van der Waals surface area contributed by atoms with Crippen LogP contribution < -0.4 is 10.4 Å². The van der Waals surface area contributed by atoms with E-state index in [1.807, 2.05) is 74.5 Å². The molecule has 0 spiro atoms. The third-order valence-corrected chi connectivity index (χ3v) is 18.1. The Kier molecular flexibility index (Phi) is 8.91. The summed E-state index contributed by atoms with van der Waals surface area (Å²) in [7, 11) is -2.67. The molecule has 0 saturated heterocycles. The van der Waals surface area contributed by atoms with Crippen molar-refractivity contribution in [1.29, 1.82) is 0 Å². The van der Waals surface area contributed by atoms with E-state index in [9.17, 15) is 9.59 Å². The fourth-order valence-electron chi connectivity index (χ4n) is 5.75. The van der Waals surface area contributed by atoms with Gasteiger partial charge in [-0.1, -0.05) is 95.3 Å². The predicted molar refractivity (Wildman–Crippen MR) is 153 cm³/mol. The number of amides is 1. The first-order valence-electron chi connectivity index (χ1n) is 13.5. The molecule has 0 bridgehead atoms. The van der Waals surface area contributed by atoms with Gasteiger partial charge in [0.05, 0.1) is 7.11 Å². The summed E-state index contributed by atoms with van der Waals surface area (Å²) in [6.45, 7) is 10.3. The van der Waals surface area contributed by atoms with Crippen molar-refractivity contribution in [2.75, 3.05) is 14.2 Å². The van der Waals surface area contributed by atoms with E-state index in [4.69, 9.17) is 9.26 Å². The van der Waals surface area contributed by atoms with E-state index in [0.717, 1.165) is 33.6 Å². The summed E-state index contributed by atoms with van der Waals surface area (Å²) >= 11 is 0. The lowest BCUT2D eigenvalue weighted by Crippen LogP contribution is -2.65. The standard InChI is InChI=1S/C29H44FNO4Si2/c1-8-36(9-2,10-3)35-29(26(32)31(6)34-7)23-28(29,30)22-21-27(4,5)37(33,24-17-13-11-14-18-24)25-19-15-12-16-20-25/h11-20,33H,8-10,21-23H2,1-7H3/t28-,29-/m1/s1. The Bertz CT molecular complexity index is 1000. The second kappa shape index (κ2) is 11.1. The number of alkyl halides is 1. The number of halogens is 1. The number of carbonyl (C=O) groups is 1. The lowest BCUT2D eigenvalue weighted by Gasteiger charge is -2.42. The number of likely N-dealkylation sites (N-methyl/N-ethyl adjacent to an activating group) is 1. The molecule has 2 atom stereocenters. The number of hydrogen-bond acceptors (Lipinski definition) is 4. The fourth-order valence-corrected chi connectivity index (χ4v) is 12.5. The highest BCUT2D eigenvalue weighted by Crippen LogP contribution is 2.61. The Morgan fingerprint density at radius 2 is 1.46 bits per heavy atom. The minimum Gasteiger partial charge on any atom is -0.424 e. The van der Waals surface area contributed by atoms with Crippen LogP contribution >= 0.6 is 0 Å². The number of hydrogen-bond donors (Lipinski definition) is 1. The Hall–Kier alpha value is -1.85. The number of hydroxylamine groups is 2. The molecule has 0 aliphatic heterocycles. The maximum absolute atomic E-state index is 16.8. The number of benzene rings is 2. The quantitative estimate of drug-likeness (QED) is 0.278.